The third kappa shape index (κ3) is 4.03. The Morgan fingerprint density at radius 3 is 2.82 bits per heavy atom. The normalized spacial score (nSPS) is 23.1. The molecule has 0 radical (unpaired) electrons. The molecule has 2 heterocycles. The molecule has 3 rings (SSSR count). The molecule has 1 aliphatic heterocycles. The molecule has 0 aromatic carbocycles. The molecule has 22 heavy (non-hydrogen) atoms. The van der Waals surface area contributed by atoms with E-state index < -0.39 is 0 Å². The number of nitrogens with zero attached hydrogens (tertiary/aromatic N) is 3. The Hall–Kier alpha value is -1.04. The first kappa shape index (κ1) is 15.8. The van der Waals surface area contributed by atoms with Crippen LogP contribution >= 0.6 is 11.8 Å². The van der Waals surface area contributed by atoms with Crippen LogP contribution in [0.5, 0.6) is 0 Å². The highest BCUT2D eigenvalue weighted by atomic mass is 32.2. The van der Waals surface area contributed by atoms with Crippen LogP contribution in [0.4, 0.5) is 0 Å². The van der Waals surface area contributed by atoms with Crippen molar-refractivity contribution in [2.24, 2.45) is 5.92 Å². The number of aromatic nitrogens is 3. The van der Waals surface area contributed by atoms with Gasteiger partial charge in [-0.05, 0) is 32.1 Å². The summed E-state index contributed by atoms with van der Waals surface area (Å²) in [6, 6.07) is 0.381. The van der Waals surface area contributed by atoms with Crippen molar-refractivity contribution in [1.82, 2.24) is 20.1 Å². The monoisotopic (exact) mass is 322 g/mol. The van der Waals surface area contributed by atoms with Crippen LogP contribution in [0.2, 0.25) is 0 Å². The lowest BCUT2D eigenvalue weighted by molar-refractivity contribution is -0.131. The zero-order valence-electron chi connectivity index (χ0n) is 13.4. The summed E-state index contributed by atoms with van der Waals surface area (Å²) in [5.41, 5.74) is 0. The lowest BCUT2D eigenvalue weighted by Gasteiger charge is -2.33. The molecule has 0 bridgehead atoms. The van der Waals surface area contributed by atoms with E-state index in [0.29, 0.717) is 17.0 Å². The van der Waals surface area contributed by atoms with Crippen molar-refractivity contribution in [3.05, 3.63) is 5.82 Å². The van der Waals surface area contributed by atoms with Crippen molar-refractivity contribution in [3.63, 3.8) is 0 Å². The Labute approximate surface area is 136 Å². The number of carbonyl (C=O) groups excluding carboxylic acids is 1. The first-order valence-corrected chi connectivity index (χ1v) is 9.54. The zero-order valence-corrected chi connectivity index (χ0v) is 14.2. The molecule has 0 spiro atoms. The van der Waals surface area contributed by atoms with Crippen molar-refractivity contribution in [2.75, 3.05) is 12.3 Å². The molecule has 1 atom stereocenters. The summed E-state index contributed by atoms with van der Waals surface area (Å²) in [6.45, 7) is 3.05. The highest BCUT2D eigenvalue weighted by Gasteiger charge is 2.23. The van der Waals surface area contributed by atoms with E-state index in [4.69, 9.17) is 0 Å². The lowest BCUT2D eigenvalue weighted by atomic mass is 10.0. The van der Waals surface area contributed by atoms with Crippen LogP contribution in [0.15, 0.2) is 5.16 Å². The molecule has 1 aliphatic carbocycles. The summed E-state index contributed by atoms with van der Waals surface area (Å²) in [5, 5.41) is 8.00. The molecule has 1 N–H and O–H groups in total. The summed E-state index contributed by atoms with van der Waals surface area (Å²) in [6.07, 6.45) is 9.83. The van der Waals surface area contributed by atoms with Crippen LogP contribution in [-0.2, 0) is 11.2 Å². The molecule has 6 heteroatoms. The van der Waals surface area contributed by atoms with Gasteiger partial charge < -0.3 is 4.90 Å². The van der Waals surface area contributed by atoms with Crippen molar-refractivity contribution < 1.29 is 4.79 Å². The molecule has 122 valence electrons. The second-order valence-electron chi connectivity index (χ2n) is 6.64. The Morgan fingerprint density at radius 2 is 2.05 bits per heavy atom. The molecular formula is C16H26N4OS. The van der Waals surface area contributed by atoms with Crippen LogP contribution in [0.25, 0.3) is 0 Å². The van der Waals surface area contributed by atoms with Crippen LogP contribution in [0.1, 0.15) is 57.7 Å². The smallest absolute Gasteiger partial charge is 0.233 e. The summed E-state index contributed by atoms with van der Waals surface area (Å²) in [4.78, 5) is 18.9. The van der Waals surface area contributed by atoms with Gasteiger partial charge in [0.1, 0.15) is 5.82 Å². The molecule has 5 nitrogen and oxygen atoms in total. The number of nitrogens with one attached hydrogen (secondary N) is 1. The minimum Gasteiger partial charge on any atom is -0.339 e. The van der Waals surface area contributed by atoms with Gasteiger partial charge in [-0.15, -0.1) is 5.10 Å². The topological polar surface area (TPSA) is 61.9 Å². The van der Waals surface area contributed by atoms with Crippen LogP contribution in [-0.4, -0.2) is 44.3 Å². The van der Waals surface area contributed by atoms with Crippen LogP contribution < -0.4 is 0 Å². The maximum Gasteiger partial charge on any atom is 0.233 e. The average Bonchev–Trinajstić information content (AvgIpc) is 3.18. The van der Waals surface area contributed by atoms with Crippen LogP contribution in [0, 0.1) is 5.92 Å². The fourth-order valence-corrected chi connectivity index (χ4v) is 4.30. The molecule has 1 unspecified atom stereocenters. The van der Waals surface area contributed by atoms with Crippen LogP contribution in [0.3, 0.4) is 0 Å². The maximum absolute atomic E-state index is 12.3. The highest BCUT2D eigenvalue weighted by molar-refractivity contribution is 7.99. The van der Waals surface area contributed by atoms with E-state index in [1.165, 1.54) is 43.9 Å². The van der Waals surface area contributed by atoms with E-state index >= 15 is 0 Å². The molecule has 1 aromatic rings. The number of amides is 1. The average molecular weight is 322 g/mol. The van der Waals surface area contributed by atoms with Gasteiger partial charge in [-0.3, -0.25) is 9.89 Å². The van der Waals surface area contributed by atoms with E-state index in [1.54, 1.807) is 0 Å². The molecule has 1 amide bonds. The van der Waals surface area contributed by atoms with Gasteiger partial charge in [0.15, 0.2) is 0 Å². The Morgan fingerprint density at radius 1 is 1.27 bits per heavy atom. The second kappa shape index (κ2) is 7.49. The van der Waals surface area contributed by atoms with Gasteiger partial charge in [0.25, 0.3) is 0 Å². The molecular weight excluding hydrogens is 296 g/mol. The fourth-order valence-electron chi connectivity index (χ4n) is 3.60. The molecule has 1 aromatic heterocycles. The number of rotatable bonds is 5. The first-order chi connectivity index (χ1) is 10.7. The van der Waals surface area contributed by atoms with Gasteiger partial charge in [-0.1, -0.05) is 37.4 Å². The highest BCUT2D eigenvalue weighted by Crippen LogP contribution is 2.27. The molecule has 2 fully saturated rings. The van der Waals surface area contributed by atoms with Gasteiger partial charge in [0.05, 0.1) is 5.75 Å². The summed E-state index contributed by atoms with van der Waals surface area (Å²) in [5.74, 6) is 2.42. The molecule has 2 aliphatic rings. The number of H-pyrrole nitrogens is 1. The summed E-state index contributed by atoms with van der Waals surface area (Å²) >= 11 is 1.46. The van der Waals surface area contributed by atoms with E-state index in [0.717, 1.165) is 37.5 Å². The van der Waals surface area contributed by atoms with Gasteiger partial charge in [-0.2, -0.15) is 0 Å². The molecule has 1 saturated carbocycles. The predicted molar refractivity (Wildman–Crippen MR) is 87.8 cm³/mol. The number of likely N-dealkylation sites (tertiary alicyclic amines) is 1. The summed E-state index contributed by atoms with van der Waals surface area (Å²) < 4.78 is 0. The number of carbonyl (C=O) groups is 1. The van der Waals surface area contributed by atoms with E-state index in [9.17, 15) is 4.79 Å². The number of piperidine rings is 1. The van der Waals surface area contributed by atoms with Gasteiger partial charge >= 0.3 is 0 Å². The third-order valence-electron chi connectivity index (χ3n) is 4.92. The Bertz CT molecular complexity index is 498. The Kier molecular flexibility index (Phi) is 5.39. The van der Waals surface area contributed by atoms with E-state index in [1.807, 2.05) is 4.90 Å². The Balaban J connectivity index is 1.46. The molecule has 1 saturated heterocycles. The van der Waals surface area contributed by atoms with Crippen molar-refractivity contribution in [2.45, 2.75) is 69.5 Å². The minimum absolute atomic E-state index is 0.222. The van der Waals surface area contributed by atoms with Crippen molar-refractivity contribution in [1.29, 1.82) is 0 Å². The van der Waals surface area contributed by atoms with Crippen molar-refractivity contribution >= 4 is 17.7 Å². The third-order valence-corrected chi connectivity index (χ3v) is 5.75. The number of thioether (sulfide) groups is 1. The minimum atomic E-state index is 0.222. The zero-order chi connectivity index (χ0) is 15.4. The van der Waals surface area contributed by atoms with E-state index in [2.05, 4.69) is 22.1 Å². The number of hydrogen-bond donors (Lipinski definition) is 1. The fraction of sp³-hybridized carbons (Fsp3) is 0.812. The SMILES string of the molecule is CC1CCCCN1C(=O)CSc1n[nH]c(CC2CCCC2)n1. The van der Waals surface area contributed by atoms with E-state index in [-0.39, 0.29) is 5.91 Å². The maximum atomic E-state index is 12.3. The number of hydrogen-bond acceptors (Lipinski definition) is 4. The summed E-state index contributed by atoms with van der Waals surface area (Å²) in [7, 11) is 0. The van der Waals surface area contributed by atoms with Gasteiger partial charge in [0, 0.05) is 19.0 Å². The second-order valence-corrected chi connectivity index (χ2v) is 7.58. The first-order valence-electron chi connectivity index (χ1n) is 8.56. The predicted octanol–water partition coefficient (Wildman–Crippen LogP) is 3.03. The lowest BCUT2D eigenvalue weighted by Crippen LogP contribution is -2.42. The number of aromatic amines is 1. The standard InChI is InChI=1S/C16H26N4OS/c1-12-6-4-5-9-20(12)15(21)11-22-16-17-14(18-19-16)10-13-7-2-3-8-13/h12-13H,2-11H2,1H3,(H,17,18,19). The quantitative estimate of drug-likeness (QED) is 0.847. The van der Waals surface area contributed by atoms with Gasteiger partial charge in [-0.25, -0.2) is 4.98 Å². The van der Waals surface area contributed by atoms with Crippen molar-refractivity contribution in [3.8, 4) is 0 Å². The largest absolute Gasteiger partial charge is 0.339 e. The van der Waals surface area contributed by atoms with Gasteiger partial charge in [0.2, 0.25) is 11.1 Å².